The maximum Gasteiger partial charge on any atom is 0.320 e. The molecule has 5 atom stereocenters. The van der Waals surface area contributed by atoms with Crippen LogP contribution in [0.15, 0.2) is 30.3 Å². The normalized spacial score (nSPS) is 25.0. The molecule has 2 heterocycles. The minimum absolute atomic E-state index is 0.00791. The summed E-state index contributed by atoms with van der Waals surface area (Å²) in [5.74, 6) is -2.87. The number of nitrogens with zero attached hydrogens (tertiary/aromatic N) is 1. The molecule has 0 aromatic heterocycles. The first-order valence-electron chi connectivity index (χ1n) is 11.1. The number of halogens is 5. The summed E-state index contributed by atoms with van der Waals surface area (Å²) in [6, 6.07) is 7.67. The lowest BCUT2D eigenvalue weighted by atomic mass is 9.95. The Labute approximate surface area is 242 Å². The Morgan fingerprint density at radius 3 is 2.11 bits per heavy atom. The Hall–Kier alpha value is -1.66. The van der Waals surface area contributed by atoms with Gasteiger partial charge in [0.05, 0.1) is 37.8 Å². The van der Waals surface area contributed by atoms with Gasteiger partial charge in [0.25, 0.3) is 11.8 Å². The number of benzene rings is 2. The molecule has 2 aromatic rings. The second-order valence-electron chi connectivity index (χ2n) is 8.32. The van der Waals surface area contributed by atoms with Crippen molar-refractivity contribution >= 4 is 75.8 Å². The summed E-state index contributed by atoms with van der Waals surface area (Å²) in [5.41, 5.74) is 0.247. The third-order valence-corrected chi connectivity index (χ3v) is 8.13. The number of hydrogen-bond acceptors (Lipinski definition) is 8. The highest BCUT2D eigenvalue weighted by Crippen LogP contribution is 2.46. The van der Waals surface area contributed by atoms with Crippen LogP contribution < -0.4 is 0 Å². The van der Waals surface area contributed by atoms with Crippen LogP contribution >= 0.6 is 58.0 Å². The fourth-order valence-corrected chi connectivity index (χ4v) is 5.41. The van der Waals surface area contributed by atoms with E-state index in [0.29, 0.717) is 0 Å². The summed E-state index contributed by atoms with van der Waals surface area (Å²) in [5, 5.41) is 10.4. The predicted molar refractivity (Wildman–Crippen MR) is 139 cm³/mol. The number of carbonyl (C=O) groups excluding carboxylic acids is 3. The molecule has 1 fully saturated rings. The number of rotatable bonds is 8. The van der Waals surface area contributed by atoms with Crippen molar-refractivity contribution in [3.05, 3.63) is 67.1 Å². The molecule has 0 aliphatic carbocycles. The standard InChI is InChI=1S/C24H20Cl5NO8/c1-35-24-19(30-22(33)13-14(23(30)34)16(27)18(29)17(28)15(13)26)21(37-8-10-5-3-2-4-6-10)20(32)11(38-24)9-36-12(31)7-25/h2-6,11,19-21,24,32H,7-9H2,1H3/t11-,19+,20-,21+,24+/m1/s1. The van der Waals surface area contributed by atoms with Crippen molar-refractivity contribution in [2.24, 2.45) is 0 Å². The quantitative estimate of drug-likeness (QED) is 0.151. The topological polar surface area (TPSA) is 112 Å². The second-order valence-corrected chi connectivity index (χ2v) is 10.1. The van der Waals surface area contributed by atoms with Crippen LogP contribution in [-0.4, -0.2) is 78.0 Å². The molecule has 0 saturated carbocycles. The van der Waals surface area contributed by atoms with E-state index in [0.717, 1.165) is 10.5 Å². The van der Waals surface area contributed by atoms with Gasteiger partial charge in [-0.2, -0.15) is 0 Å². The first-order chi connectivity index (χ1) is 18.1. The summed E-state index contributed by atoms with van der Waals surface area (Å²) in [6.45, 7) is -0.401. The van der Waals surface area contributed by atoms with Crippen LogP contribution in [0, 0.1) is 0 Å². The van der Waals surface area contributed by atoms with E-state index in [2.05, 4.69) is 0 Å². The van der Waals surface area contributed by atoms with Crippen LogP contribution in [0.1, 0.15) is 26.3 Å². The smallest absolute Gasteiger partial charge is 0.320 e. The number of esters is 1. The average molecular weight is 628 g/mol. The van der Waals surface area contributed by atoms with Gasteiger partial charge in [0.15, 0.2) is 6.29 Å². The van der Waals surface area contributed by atoms with Gasteiger partial charge in [-0.3, -0.25) is 19.3 Å². The van der Waals surface area contributed by atoms with Gasteiger partial charge in [0.1, 0.15) is 36.8 Å². The predicted octanol–water partition coefficient (Wildman–Crippen LogP) is 4.36. The minimum Gasteiger partial charge on any atom is -0.462 e. The molecule has 9 nitrogen and oxygen atoms in total. The molecule has 2 amide bonds. The van der Waals surface area contributed by atoms with E-state index in [4.69, 9.17) is 77.0 Å². The minimum atomic E-state index is -1.49. The molecule has 204 valence electrons. The van der Waals surface area contributed by atoms with Crippen LogP contribution in [0.2, 0.25) is 20.1 Å². The van der Waals surface area contributed by atoms with E-state index >= 15 is 0 Å². The number of amides is 2. The molecule has 4 rings (SSSR count). The molecule has 38 heavy (non-hydrogen) atoms. The van der Waals surface area contributed by atoms with Gasteiger partial charge < -0.3 is 24.1 Å². The molecule has 0 unspecified atom stereocenters. The lowest BCUT2D eigenvalue weighted by Gasteiger charge is -2.46. The number of aliphatic hydroxyl groups is 1. The maximum absolute atomic E-state index is 13.6. The van der Waals surface area contributed by atoms with Crippen LogP contribution in [0.3, 0.4) is 0 Å². The number of fused-ring (bicyclic) bond motifs is 1. The molecule has 0 radical (unpaired) electrons. The number of carbonyl (C=O) groups is 3. The number of aliphatic hydroxyl groups excluding tert-OH is 1. The molecule has 2 aliphatic heterocycles. The zero-order chi connectivity index (χ0) is 27.7. The first kappa shape index (κ1) is 29.3. The monoisotopic (exact) mass is 625 g/mol. The zero-order valence-electron chi connectivity index (χ0n) is 19.5. The second kappa shape index (κ2) is 12.2. The van der Waals surface area contributed by atoms with E-state index in [1.165, 1.54) is 7.11 Å². The summed E-state index contributed by atoms with van der Waals surface area (Å²) in [7, 11) is 1.28. The summed E-state index contributed by atoms with van der Waals surface area (Å²) in [4.78, 5) is 39.6. The van der Waals surface area contributed by atoms with Gasteiger partial charge in [-0.25, -0.2) is 0 Å². The first-order valence-corrected chi connectivity index (χ1v) is 13.1. The third-order valence-electron chi connectivity index (χ3n) is 6.11. The van der Waals surface area contributed by atoms with Crippen molar-refractivity contribution in [1.29, 1.82) is 0 Å². The molecular formula is C24H20Cl5NO8. The largest absolute Gasteiger partial charge is 0.462 e. The lowest BCUT2D eigenvalue weighted by Crippen LogP contribution is -2.66. The Balaban J connectivity index is 1.73. The van der Waals surface area contributed by atoms with E-state index < -0.39 is 60.9 Å². The van der Waals surface area contributed by atoms with Crippen molar-refractivity contribution < 1.29 is 38.4 Å². The van der Waals surface area contributed by atoms with Gasteiger partial charge in [-0.05, 0) is 5.56 Å². The van der Waals surface area contributed by atoms with Gasteiger partial charge in [0.2, 0.25) is 0 Å². The number of hydrogen-bond donors (Lipinski definition) is 1. The fourth-order valence-electron chi connectivity index (χ4n) is 4.32. The maximum atomic E-state index is 13.6. The van der Waals surface area contributed by atoms with Crippen molar-refractivity contribution in [2.75, 3.05) is 19.6 Å². The number of alkyl halides is 1. The molecule has 0 bridgehead atoms. The van der Waals surface area contributed by atoms with Crippen molar-refractivity contribution in [3.8, 4) is 0 Å². The van der Waals surface area contributed by atoms with Gasteiger partial charge >= 0.3 is 5.97 Å². The van der Waals surface area contributed by atoms with Gasteiger partial charge in [0, 0.05) is 7.11 Å². The number of ether oxygens (including phenoxy) is 4. The van der Waals surface area contributed by atoms with E-state index in [9.17, 15) is 19.5 Å². The average Bonchev–Trinajstić information content (AvgIpc) is 3.18. The SMILES string of the molecule is CO[C@H]1O[C@H](COC(=O)CCl)[C@@H](O)[C@@H](OCc2ccccc2)[C@@H]1N1C(=O)c2c(Cl)c(Cl)c(Cl)c(Cl)c2C1=O. The molecule has 2 aromatic carbocycles. The van der Waals surface area contributed by atoms with E-state index in [1.54, 1.807) is 24.3 Å². The molecular weight excluding hydrogens is 608 g/mol. The fraction of sp³-hybridized carbons (Fsp3) is 0.375. The highest BCUT2D eigenvalue weighted by molar-refractivity contribution is 6.55. The Kier molecular flexibility index (Phi) is 9.45. The number of methoxy groups -OCH3 is 1. The van der Waals surface area contributed by atoms with Crippen LogP contribution in [0.25, 0.3) is 0 Å². The van der Waals surface area contributed by atoms with Gasteiger partial charge in [-0.1, -0.05) is 76.7 Å². The highest BCUT2D eigenvalue weighted by Gasteiger charge is 2.55. The summed E-state index contributed by atoms with van der Waals surface area (Å²) >= 11 is 30.3. The summed E-state index contributed by atoms with van der Waals surface area (Å²) < 4.78 is 22.4. The molecule has 14 heteroatoms. The molecule has 0 spiro atoms. The Morgan fingerprint density at radius 2 is 1.58 bits per heavy atom. The van der Waals surface area contributed by atoms with Crippen LogP contribution in [-0.2, 0) is 30.3 Å². The zero-order valence-corrected chi connectivity index (χ0v) is 23.3. The Morgan fingerprint density at radius 1 is 1.00 bits per heavy atom. The van der Waals surface area contributed by atoms with Crippen molar-refractivity contribution in [2.45, 2.75) is 37.3 Å². The van der Waals surface area contributed by atoms with Crippen LogP contribution in [0.4, 0.5) is 0 Å². The third kappa shape index (κ3) is 5.37. The molecule has 1 saturated heterocycles. The van der Waals surface area contributed by atoms with Crippen molar-refractivity contribution in [1.82, 2.24) is 4.90 Å². The van der Waals surface area contributed by atoms with E-state index in [-0.39, 0.29) is 37.8 Å². The Bertz CT molecular complexity index is 1200. The van der Waals surface area contributed by atoms with E-state index in [1.807, 2.05) is 6.07 Å². The summed E-state index contributed by atoms with van der Waals surface area (Å²) in [6.07, 6.45) is -5.21. The van der Waals surface area contributed by atoms with Crippen LogP contribution in [0.5, 0.6) is 0 Å². The lowest BCUT2D eigenvalue weighted by molar-refractivity contribution is -0.282. The highest BCUT2D eigenvalue weighted by atomic mass is 35.5. The number of imide groups is 1. The van der Waals surface area contributed by atoms with Gasteiger partial charge in [-0.15, -0.1) is 11.6 Å². The van der Waals surface area contributed by atoms with Crippen molar-refractivity contribution in [3.63, 3.8) is 0 Å². The molecule has 2 aliphatic rings. The molecule has 1 N–H and O–H groups in total.